The van der Waals surface area contributed by atoms with Crippen molar-refractivity contribution < 1.29 is 23.7 Å². The van der Waals surface area contributed by atoms with Gasteiger partial charge in [-0.05, 0) is 26.6 Å². The summed E-state index contributed by atoms with van der Waals surface area (Å²) in [6, 6.07) is 3.13. The number of fused-ring (bicyclic) bond motifs is 1. The molecule has 0 bridgehead atoms. The van der Waals surface area contributed by atoms with Gasteiger partial charge in [0.15, 0.2) is 5.82 Å². The number of nitrogens with one attached hydrogen (secondary N) is 3. The van der Waals surface area contributed by atoms with Gasteiger partial charge in [-0.2, -0.15) is 0 Å². The predicted octanol–water partition coefficient (Wildman–Crippen LogP) is 3.71. The second kappa shape index (κ2) is 14.8. The Balaban J connectivity index is 1.70. The average Bonchev–Trinajstić information content (AvgIpc) is 2.96. The van der Waals surface area contributed by atoms with E-state index in [0.717, 1.165) is 6.54 Å². The van der Waals surface area contributed by atoms with Gasteiger partial charge in [0.2, 0.25) is 11.9 Å². The number of hydrogen-bond acceptors (Lipinski definition) is 11. The van der Waals surface area contributed by atoms with E-state index in [2.05, 4.69) is 25.8 Å². The minimum Gasteiger partial charge on any atom is -0.495 e. The highest BCUT2D eigenvalue weighted by Crippen LogP contribution is 2.46. The molecule has 1 amide bonds. The summed E-state index contributed by atoms with van der Waals surface area (Å²) in [5.41, 5.74) is 1.53. The van der Waals surface area contributed by atoms with Crippen LogP contribution in [0.4, 0.5) is 11.8 Å². The van der Waals surface area contributed by atoms with Gasteiger partial charge >= 0.3 is 0 Å². The topological polar surface area (TPSA) is 132 Å². The lowest BCUT2D eigenvalue weighted by molar-refractivity contribution is -0.120. The minimum absolute atomic E-state index is 0.101. The third kappa shape index (κ3) is 7.81. The van der Waals surface area contributed by atoms with Crippen LogP contribution in [-0.4, -0.2) is 106 Å². The first kappa shape index (κ1) is 31.8. The highest BCUT2D eigenvalue weighted by molar-refractivity contribution is 6.41. The minimum atomic E-state index is -0.198. The number of carbonyl (C=O) groups excluding carboxylic acids is 1. The van der Waals surface area contributed by atoms with Gasteiger partial charge in [-0.15, -0.1) is 0 Å². The van der Waals surface area contributed by atoms with Crippen molar-refractivity contribution >= 4 is 51.8 Å². The smallest absolute Gasteiger partial charge is 0.223 e. The van der Waals surface area contributed by atoms with Crippen LogP contribution in [0.3, 0.4) is 0 Å². The number of hydrogen-bond donors (Lipinski definition) is 3. The number of pyridine rings is 1. The number of nitrogens with zero attached hydrogens (tertiary/aromatic N) is 4. The van der Waals surface area contributed by atoms with Crippen molar-refractivity contribution in [1.29, 1.82) is 0 Å². The van der Waals surface area contributed by atoms with Gasteiger partial charge < -0.3 is 39.8 Å². The summed E-state index contributed by atoms with van der Waals surface area (Å²) in [5, 5.41) is 11.0. The van der Waals surface area contributed by atoms with Crippen molar-refractivity contribution in [1.82, 2.24) is 25.2 Å². The summed E-state index contributed by atoms with van der Waals surface area (Å²) in [5.74, 6) is 1.58. The molecule has 1 fully saturated rings. The maximum Gasteiger partial charge on any atom is 0.223 e. The van der Waals surface area contributed by atoms with E-state index in [-0.39, 0.29) is 18.0 Å². The molecule has 2 aromatic heterocycles. The Kier molecular flexibility index (Phi) is 11.2. The van der Waals surface area contributed by atoms with E-state index in [1.165, 1.54) is 21.1 Å². The maximum absolute atomic E-state index is 11.7. The number of amides is 1. The normalized spacial score (nSPS) is 16.9. The zero-order valence-corrected chi connectivity index (χ0v) is 25.9. The van der Waals surface area contributed by atoms with Gasteiger partial charge in [-0.25, -0.2) is 15.0 Å². The van der Waals surface area contributed by atoms with E-state index in [0.29, 0.717) is 94.9 Å². The van der Waals surface area contributed by atoms with E-state index in [9.17, 15) is 4.79 Å². The number of aromatic nitrogens is 3. The number of ether oxygens (including phenoxy) is 4. The van der Waals surface area contributed by atoms with Crippen LogP contribution in [0.2, 0.25) is 10.0 Å². The Hall–Kier alpha value is -3.16. The van der Waals surface area contributed by atoms with Crippen LogP contribution in [0.15, 0.2) is 18.3 Å². The van der Waals surface area contributed by atoms with Crippen molar-refractivity contribution in [3.8, 4) is 22.8 Å². The quantitative estimate of drug-likeness (QED) is 0.241. The molecule has 1 aliphatic heterocycles. The Morgan fingerprint density at radius 3 is 2.50 bits per heavy atom. The van der Waals surface area contributed by atoms with Crippen LogP contribution in [-0.2, 0) is 14.3 Å². The molecule has 0 aliphatic carbocycles. The fourth-order valence-corrected chi connectivity index (χ4v) is 5.24. The zero-order chi connectivity index (χ0) is 30.2. The second-order valence-electron chi connectivity index (χ2n) is 10.0. The molecule has 0 spiro atoms. The van der Waals surface area contributed by atoms with Gasteiger partial charge in [0, 0.05) is 49.8 Å². The van der Waals surface area contributed by atoms with Crippen molar-refractivity contribution in [2.45, 2.75) is 25.4 Å². The average molecular weight is 623 g/mol. The molecule has 4 rings (SSSR count). The van der Waals surface area contributed by atoms with Crippen LogP contribution in [0.5, 0.6) is 11.5 Å². The highest BCUT2D eigenvalue weighted by atomic mass is 35.5. The molecular formula is C28H37Cl2N7O5. The Morgan fingerprint density at radius 2 is 1.83 bits per heavy atom. The molecule has 1 saturated heterocycles. The van der Waals surface area contributed by atoms with Crippen LogP contribution >= 0.6 is 23.2 Å². The number of carbonyl (C=O) groups is 1. The molecule has 42 heavy (non-hydrogen) atoms. The number of methoxy groups -OCH3 is 2. The van der Waals surface area contributed by atoms with E-state index >= 15 is 0 Å². The van der Waals surface area contributed by atoms with Gasteiger partial charge in [-0.3, -0.25) is 4.79 Å². The first-order chi connectivity index (χ1) is 20.2. The summed E-state index contributed by atoms with van der Waals surface area (Å²) in [6.45, 7) is 4.85. The van der Waals surface area contributed by atoms with Crippen molar-refractivity contribution in [2.24, 2.45) is 0 Å². The molecule has 3 N–H and O–H groups in total. The first-order valence-electron chi connectivity index (χ1n) is 13.6. The van der Waals surface area contributed by atoms with Crippen molar-refractivity contribution in [3.05, 3.63) is 28.4 Å². The molecule has 12 nitrogen and oxygen atoms in total. The predicted molar refractivity (Wildman–Crippen MR) is 164 cm³/mol. The largest absolute Gasteiger partial charge is 0.495 e. The van der Waals surface area contributed by atoms with Crippen LogP contribution in [0.1, 0.15) is 13.3 Å². The Labute approximate surface area is 255 Å². The lowest BCUT2D eigenvalue weighted by Gasteiger charge is -2.32. The van der Waals surface area contributed by atoms with E-state index in [4.69, 9.17) is 52.1 Å². The molecule has 14 heteroatoms. The van der Waals surface area contributed by atoms with Crippen molar-refractivity contribution in [2.75, 3.05) is 78.5 Å². The van der Waals surface area contributed by atoms with Crippen molar-refractivity contribution in [3.63, 3.8) is 0 Å². The Morgan fingerprint density at radius 1 is 1.10 bits per heavy atom. The molecule has 0 saturated carbocycles. The van der Waals surface area contributed by atoms with E-state index in [1.54, 1.807) is 12.3 Å². The fourth-order valence-electron chi connectivity index (χ4n) is 4.54. The zero-order valence-electron chi connectivity index (χ0n) is 24.4. The van der Waals surface area contributed by atoms with E-state index in [1.807, 2.05) is 20.2 Å². The standard InChI is InChI=1S/C28H37Cl2N7O5/c1-16(38)33-18-6-9-42-15-20(18)35-28-32-14-17-12-19(23-24(29)21(39-4)13-22(40-5)25(23)30)34-27(26(17)36-28)31-7-10-41-11-8-37(2)3/h12-14,18,20H,6-11,15H2,1-5H3,(H,31,34)(H,33,38)(H,32,35,36)/t18-,20+/m0/s1. The second-order valence-corrected chi connectivity index (χ2v) is 10.8. The van der Waals surface area contributed by atoms with Gasteiger partial charge in [0.1, 0.15) is 17.0 Å². The number of likely N-dealkylation sites (N-methyl/N-ethyl adjacent to an activating group) is 1. The maximum atomic E-state index is 11.7. The molecular weight excluding hydrogens is 585 g/mol. The van der Waals surface area contributed by atoms with Crippen LogP contribution in [0, 0.1) is 0 Å². The van der Waals surface area contributed by atoms with E-state index < -0.39 is 0 Å². The number of anilines is 2. The van der Waals surface area contributed by atoms with Crippen LogP contribution < -0.4 is 25.4 Å². The third-order valence-electron chi connectivity index (χ3n) is 6.68. The molecule has 0 unspecified atom stereocenters. The summed E-state index contributed by atoms with van der Waals surface area (Å²) < 4.78 is 22.3. The van der Waals surface area contributed by atoms with Crippen LogP contribution in [0.25, 0.3) is 22.2 Å². The summed E-state index contributed by atoms with van der Waals surface area (Å²) in [6.07, 6.45) is 2.38. The highest BCUT2D eigenvalue weighted by Gasteiger charge is 2.27. The molecule has 228 valence electrons. The fraction of sp³-hybridized carbons (Fsp3) is 0.500. The number of halogens is 2. The van der Waals surface area contributed by atoms with Gasteiger partial charge in [-0.1, -0.05) is 23.2 Å². The lowest BCUT2D eigenvalue weighted by Crippen LogP contribution is -2.51. The molecule has 0 radical (unpaired) electrons. The molecule has 3 heterocycles. The number of benzene rings is 1. The summed E-state index contributed by atoms with van der Waals surface area (Å²) in [7, 11) is 7.03. The SMILES string of the molecule is COc1cc(OC)c(Cl)c(-c2cc3cnc(N[C@@H]4COCC[C@@H]4NC(C)=O)nc3c(NCCOCCN(C)C)n2)c1Cl. The summed E-state index contributed by atoms with van der Waals surface area (Å²) in [4.78, 5) is 28.0. The molecule has 3 aromatic rings. The van der Waals surface area contributed by atoms with Gasteiger partial charge in [0.25, 0.3) is 0 Å². The lowest BCUT2D eigenvalue weighted by atomic mass is 10.0. The Bertz CT molecular complexity index is 1370. The monoisotopic (exact) mass is 621 g/mol. The van der Waals surface area contributed by atoms with Gasteiger partial charge in [0.05, 0.1) is 61.9 Å². The molecule has 1 aromatic carbocycles. The third-order valence-corrected chi connectivity index (χ3v) is 7.43. The first-order valence-corrected chi connectivity index (χ1v) is 14.3. The molecule has 2 atom stereocenters. The molecule has 1 aliphatic rings. The number of rotatable bonds is 13. The summed E-state index contributed by atoms with van der Waals surface area (Å²) >= 11 is 13.4.